The van der Waals surface area contributed by atoms with Crippen molar-refractivity contribution in [2.75, 3.05) is 39.3 Å². The smallest absolute Gasteiger partial charge is 0.338 e. The predicted octanol–water partition coefficient (Wildman–Crippen LogP) is 3.33. The number of likely N-dealkylation sites (N-methyl/N-ethyl adjacent to an activating group) is 1. The number of amides is 4. The van der Waals surface area contributed by atoms with E-state index in [0.717, 1.165) is 16.7 Å². The summed E-state index contributed by atoms with van der Waals surface area (Å²) in [5.74, 6) is -0.417. The molecule has 0 spiro atoms. The molecule has 2 aliphatic rings. The zero-order valence-corrected chi connectivity index (χ0v) is 22.7. The van der Waals surface area contributed by atoms with Gasteiger partial charge in [-0.2, -0.15) is 0 Å². The van der Waals surface area contributed by atoms with Gasteiger partial charge >= 0.3 is 18.0 Å². The van der Waals surface area contributed by atoms with Crippen LogP contribution in [0.1, 0.15) is 57.4 Å². The minimum atomic E-state index is -0.593. The first-order valence-corrected chi connectivity index (χ1v) is 12.9. The number of nitrogens with one attached hydrogen (secondary N) is 2. The highest BCUT2D eigenvalue weighted by atomic mass is 16.5. The molecule has 1 aromatic rings. The summed E-state index contributed by atoms with van der Waals surface area (Å²) in [5.41, 5.74) is 4.08. The molecule has 1 fully saturated rings. The quantitative estimate of drug-likeness (QED) is 0.562. The Kier molecular flexibility index (Phi) is 9.00. The lowest BCUT2D eigenvalue weighted by Gasteiger charge is -2.43. The van der Waals surface area contributed by atoms with Gasteiger partial charge in [-0.15, -0.1) is 0 Å². The maximum Gasteiger partial charge on any atom is 0.338 e. The number of hydrogen-bond donors (Lipinski definition) is 2. The van der Waals surface area contributed by atoms with Gasteiger partial charge in [0.15, 0.2) is 0 Å². The van der Waals surface area contributed by atoms with Crippen LogP contribution < -0.4 is 10.6 Å². The monoisotopic (exact) mass is 499 g/mol. The number of carbonyl (C=O) groups excluding carboxylic acids is 3. The molecule has 1 saturated heterocycles. The summed E-state index contributed by atoms with van der Waals surface area (Å²) < 4.78 is 5.50. The third kappa shape index (κ3) is 6.00. The maximum atomic E-state index is 13.4. The van der Waals surface area contributed by atoms with Gasteiger partial charge in [-0.3, -0.25) is 9.80 Å². The largest absolute Gasteiger partial charge is 0.463 e. The summed E-state index contributed by atoms with van der Waals surface area (Å²) >= 11 is 0. The normalized spacial score (nSPS) is 21.1. The van der Waals surface area contributed by atoms with Crippen LogP contribution in [0.15, 0.2) is 29.5 Å². The van der Waals surface area contributed by atoms with E-state index in [4.69, 9.17) is 4.74 Å². The van der Waals surface area contributed by atoms with Gasteiger partial charge in [0, 0.05) is 50.5 Å². The molecule has 198 valence electrons. The third-order valence-electron chi connectivity index (χ3n) is 6.75. The van der Waals surface area contributed by atoms with Gasteiger partial charge in [0.1, 0.15) is 0 Å². The SMILES string of the molecule is CCOC(=O)C1=C(CN2CCN(C(=O)NC(C)C)[C@@H](C)C2)N(CC)C(=O)N[C@H]1c1cc(C)ccc1C. The lowest BCUT2D eigenvalue weighted by atomic mass is 9.90. The van der Waals surface area contributed by atoms with Crippen LogP contribution in [0, 0.1) is 13.8 Å². The van der Waals surface area contributed by atoms with Gasteiger partial charge in [0.05, 0.1) is 18.2 Å². The number of esters is 1. The van der Waals surface area contributed by atoms with Crippen LogP contribution in [0.5, 0.6) is 0 Å². The molecule has 36 heavy (non-hydrogen) atoms. The number of nitrogens with zero attached hydrogens (tertiary/aromatic N) is 3. The molecule has 2 heterocycles. The molecule has 9 heteroatoms. The van der Waals surface area contributed by atoms with Crippen molar-refractivity contribution in [2.24, 2.45) is 0 Å². The van der Waals surface area contributed by atoms with Crippen molar-refractivity contribution in [3.05, 3.63) is 46.2 Å². The minimum Gasteiger partial charge on any atom is -0.463 e. The number of carbonyl (C=O) groups is 3. The Hall–Kier alpha value is -3.07. The summed E-state index contributed by atoms with van der Waals surface area (Å²) in [6.45, 7) is 16.5. The highest BCUT2D eigenvalue weighted by Crippen LogP contribution is 2.34. The van der Waals surface area contributed by atoms with E-state index < -0.39 is 12.0 Å². The van der Waals surface area contributed by atoms with E-state index in [1.807, 2.05) is 64.6 Å². The van der Waals surface area contributed by atoms with Gasteiger partial charge in [0.25, 0.3) is 0 Å². The second-order valence-electron chi connectivity index (χ2n) is 9.95. The molecule has 2 aliphatic heterocycles. The van der Waals surface area contributed by atoms with Gasteiger partial charge in [-0.1, -0.05) is 23.8 Å². The van der Waals surface area contributed by atoms with Crippen molar-refractivity contribution in [1.29, 1.82) is 0 Å². The van der Waals surface area contributed by atoms with Gasteiger partial charge in [0.2, 0.25) is 0 Å². The molecular weight excluding hydrogens is 458 g/mol. The number of hydrogen-bond acceptors (Lipinski definition) is 5. The summed E-state index contributed by atoms with van der Waals surface area (Å²) in [6.07, 6.45) is 0. The van der Waals surface area contributed by atoms with E-state index in [1.165, 1.54) is 0 Å². The highest BCUT2D eigenvalue weighted by molar-refractivity contribution is 5.95. The first kappa shape index (κ1) is 27.5. The molecule has 0 radical (unpaired) electrons. The van der Waals surface area contributed by atoms with Crippen molar-refractivity contribution in [1.82, 2.24) is 25.3 Å². The summed E-state index contributed by atoms with van der Waals surface area (Å²) in [5, 5.41) is 6.02. The molecule has 3 rings (SSSR count). The minimum absolute atomic E-state index is 0.00792. The molecule has 0 unspecified atom stereocenters. The second kappa shape index (κ2) is 11.8. The topological polar surface area (TPSA) is 94.2 Å². The Bertz CT molecular complexity index is 1020. The zero-order valence-electron chi connectivity index (χ0n) is 22.7. The molecular formula is C27H41N5O4. The van der Waals surface area contributed by atoms with Crippen molar-refractivity contribution in [3.8, 4) is 0 Å². The standard InChI is InChI=1S/C27H41N5O4/c1-8-31-22(16-30-12-13-32(20(7)15-30)26(34)28-17(3)4)23(25(33)36-9-2)24(29-27(31)35)21-14-18(5)10-11-19(21)6/h10-11,14,17,20,24H,8-9,12-13,15-16H2,1-7H3,(H,28,34)(H,29,35)/t20-,24-/m0/s1. The molecule has 0 aromatic heterocycles. The number of urea groups is 2. The summed E-state index contributed by atoms with van der Waals surface area (Å²) in [6, 6.07) is 5.23. The molecule has 9 nitrogen and oxygen atoms in total. The number of aryl methyl sites for hydroxylation is 2. The fourth-order valence-corrected chi connectivity index (χ4v) is 4.98. The molecule has 0 aliphatic carbocycles. The number of ether oxygens (including phenoxy) is 1. The van der Waals surface area contributed by atoms with E-state index in [1.54, 1.807) is 11.8 Å². The lowest BCUT2D eigenvalue weighted by Crippen LogP contribution is -2.58. The Labute approximate surface area is 214 Å². The number of benzene rings is 1. The van der Waals surface area contributed by atoms with Crippen molar-refractivity contribution < 1.29 is 19.1 Å². The second-order valence-corrected chi connectivity index (χ2v) is 9.95. The Morgan fingerprint density at radius 1 is 1.19 bits per heavy atom. The molecule has 2 N–H and O–H groups in total. The van der Waals surface area contributed by atoms with Crippen LogP contribution in [-0.2, 0) is 9.53 Å². The van der Waals surface area contributed by atoms with E-state index in [9.17, 15) is 14.4 Å². The zero-order chi connectivity index (χ0) is 26.6. The third-order valence-corrected chi connectivity index (χ3v) is 6.75. The van der Waals surface area contributed by atoms with Crippen LogP contribution >= 0.6 is 0 Å². The Morgan fingerprint density at radius 3 is 2.53 bits per heavy atom. The van der Waals surface area contributed by atoms with E-state index in [2.05, 4.69) is 15.5 Å². The van der Waals surface area contributed by atoms with Crippen molar-refractivity contribution in [3.63, 3.8) is 0 Å². The number of rotatable bonds is 7. The summed E-state index contributed by atoms with van der Waals surface area (Å²) in [7, 11) is 0. The van der Waals surface area contributed by atoms with Crippen molar-refractivity contribution in [2.45, 2.75) is 66.6 Å². The molecule has 2 atom stereocenters. The van der Waals surface area contributed by atoms with Gasteiger partial charge in [-0.25, -0.2) is 14.4 Å². The highest BCUT2D eigenvalue weighted by Gasteiger charge is 2.39. The average Bonchev–Trinajstić information content (AvgIpc) is 2.80. The van der Waals surface area contributed by atoms with E-state index in [0.29, 0.717) is 44.0 Å². The van der Waals surface area contributed by atoms with Crippen LogP contribution in [0.3, 0.4) is 0 Å². The van der Waals surface area contributed by atoms with Crippen LogP contribution in [0.4, 0.5) is 9.59 Å². The van der Waals surface area contributed by atoms with Gasteiger partial charge in [-0.05, 0) is 59.6 Å². The maximum absolute atomic E-state index is 13.4. The number of piperazine rings is 1. The lowest BCUT2D eigenvalue weighted by molar-refractivity contribution is -0.139. The van der Waals surface area contributed by atoms with E-state index >= 15 is 0 Å². The average molecular weight is 500 g/mol. The fourth-order valence-electron chi connectivity index (χ4n) is 4.98. The first-order chi connectivity index (χ1) is 17.1. The Balaban J connectivity index is 1.98. The van der Waals surface area contributed by atoms with E-state index in [-0.39, 0.29) is 30.8 Å². The summed E-state index contributed by atoms with van der Waals surface area (Å²) in [4.78, 5) is 44.9. The molecule has 1 aromatic carbocycles. The predicted molar refractivity (Wildman–Crippen MR) is 140 cm³/mol. The molecule has 0 bridgehead atoms. The van der Waals surface area contributed by atoms with Crippen LogP contribution in [-0.4, -0.2) is 84.1 Å². The first-order valence-electron chi connectivity index (χ1n) is 12.9. The van der Waals surface area contributed by atoms with Gasteiger partial charge < -0.3 is 20.3 Å². The Morgan fingerprint density at radius 2 is 1.92 bits per heavy atom. The van der Waals surface area contributed by atoms with Crippen molar-refractivity contribution >= 4 is 18.0 Å². The van der Waals surface area contributed by atoms with Crippen LogP contribution in [0.2, 0.25) is 0 Å². The molecule has 4 amide bonds. The van der Waals surface area contributed by atoms with Crippen LogP contribution in [0.25, 0.3) is 0 Å². The fraction of sp³-hybridized carbons (Fsp3) is 0.593. The molecule has 0 saturated carbocycles.